The maximum Gasteiger partial charge on any atom is 0.152 e. The van der Waals surface area contributed by atoms with Gasteiger partial charge in [0.1, 0.15) is 0 Å². The van der Waals surface area contributed by atoms with Crippen LogP contribution in [0, 0.1) is 0 Å². The summed E-state index contributed by atoms with van der Waals surface area (Å²) < 4.78 is 5.35. The Morgan fingerprint density at radius 3 is 2.44 bits per heavy atom. The van der Waals surface area contributed by atoms with Gasteiger partial charge in [0.25, 0.3) is 0 Å². The van der Waals surface area contributed by atoms with Crippen molar-refractivity contribution in [1.29, 1.82) is 0 Å². The van der Waals surface area contributed by atoms with Crippen LogP contribution in [0.5, 0.6) is 0 Å². The fourth-order valence-corrected chi connectivity index (χ4v) is 1.33. The van der Waals surface area contributed by atoms with Crippen LogP contribution in [0.25, 0.3) is 0 Å². The SMILES string of the molecule is COC(C)(C)CCCC(C)=CC=CC(C)=O. The molecule has 0 amide bonds. The summed E-state index contributed by atoms with van der Waals surface area (Å²) in [5, 5.41) is 0. The molecule has 0 rings (SSSR count). The number of ether oxygens (including phenoxy) is 1. The van der Waals surface area contributed by atoms with E-state index in [1.807, 2.05) is 12.2 Å². The van der Waals surface area contributed by atoms with Crippen molar-refractivity contribution in [3.8, 4) is 0 Å². The Hall–Kier alpha value is -0.890. The lowest BCUT2D eigenvalue weighted by Crippen LogP contribution is -2.21. The summed E-state index contributed by atoms with van der Waals surface area (Å²) >= 11 is 0. The molecule has 0 fully saturated rings. The molecule has 0 spiro atoms. The van der Waals surface area contributed by atoms with Crippen molar-refractivity contribution in [3.63, 3.8) is 0 Å². The van der Waals surface area contributed by atoms with Crippen LogP contribution in [0.15, 0.2) is 23.8 Å². The molecule has 0 atom stereocenters. The van der Waals surface area contributed by atoms with E-state index < -0.39 is 0 Å². The summed E-state index contributed by atoms with van der Waals surface area (Å²) in [6.07, 6.45) is 8.61. The zero-order valence-electron chi connectivity index (χ0n) is 11.2. The lowest BCUT2D eigenvalue weighted by Gasteiger charge is -2.22. The van der Waals surface area contributed by atoms with Crippen LogP contribution in [0.3, 0.4) is 0 Å². The molecule has 0 unspecified atom stereocenters. The Morgan fingerprint density at radius 1 is 1.31 bits per heavy atom. The van der Waals surface area contributed by atoms with Gasteiger partial charge in [0.2, 0.25) is 0 Å². The molecule has 0 aliphatic carbocycles. The number of rotatable bonds is 7. The van der Waals surface area contributed by atoms with Crippen molar-refractivity contribution >= 4 is 5.78 Å². The zero-order valence-corrected chi connectivity index (χ0v) is 11.2. The van der Waals surface area contributed by atoms with E-state index in [2.05, 4.69) is 20.8 Å². The Balaban J connectivity index is 3.90. The highest BCUT2D eigenvalue weighted by molar-refractivity contribution is 5.87. The summed E-state index contributed by atoms with van der Waals surface area (Å²) in [5.41, 5.74) is 1.26. The maximum atomic E-state index is 10.7. The Morgan fingerprint density at radius 2 is 1.94 bits per heavy atom. The van der Waals surface area contributed by atoms with Crippen molar-refractivity contribution in [2.45, 2.75) is 52.6 Å². The van der Waals surface area contributed by atoms with E-state index in [0.29, 0.717) is 0 Å². The first-order valence-corrected chi connectivity index (χ1v) is 5.77. The molecular weight excluding hydrogens is 200 g/mol. The first kappa shape index (κ1) is 15.1. The van der Waals surface area contributed by atoms with E-state index in [1.165, 1.54) is 5.57 Å². The third-order valence-corrected chi connectivity index (χ3v) is 2.61. The van der Waals surface area contributed by atoms with E-state index >= 15 is 0 Å². The molecule has 0 aromatic heterocycles. The molecule has 16 heavy (non-hydrogen) atoms. The van der Waals surface area contributed by atoms with Crippen LogP contribution < -0.4 is 0 Å². The summed E-state index contributed by atoms with van der Waals surface area (Å²) in [5.74, 6) is 0.0876. The molecule has 2 heteroatoms. The monoisotopic (exact) mass is 224 g/mol. The van der Waals surface area contributed by atoms with E-state index in [-0.39, 0.29) is 11.4 Å². The molecular formula is C14H24O2. The summed E-state index contributed by atoms with van der Waals surface area (Å²) in [6, 6.07) is 0. The Bertz CT molecular complexity index is 272. The van der Waals surface area contributed by atoms with E-state index in [1.54, 1.807) is 20.1 Å². The van der Waals surface area contributed by atoms with Crippen molar-refractivity contribution in [2.75, 3.05) is 7.11 Å². The molecule has 0 bridgehead atoms. The second-order valence-electron chi connectivity index (χ2n) is 4.80. The Kier molecular flexibility index (Phi) is 6.98. The third-order valence-electron chi connectivity index (χ3n) is 2.61. The largest absolute Gasteiger partial charge is 0.379 e. The highest BCUT2D eigenvalue weighted by atomic mass is 16.5. The number of ketones is 1. The van der Waals surface area contributed by atoms with Crippen LogP contribution in [-0.4, -0.2) is 18.5 Å². The van der Waals surface area contributed by atoms with Crippen LogP contribution >= 0.6 is 0 Å². The van der Waals surface area contributed by atoms with Gasteiger partial charge in [-0.25, -0.2) is 0 Å². The number of hydrogen-bond acceptors (Lipinski definition) is 2. The predicted molar refractivity (Wildman–Crippen MR) is 68.5 cm³/mol. The van der Waals surface area contributed by atoms with E-state index in [0.717, 1.165) is 19.3 Å². The van der Waals surface area contributed by atoms with E-state index in [4.69, 9.17) is 4.74 Å². The van der Waals surface area contributed by atoms with Crippen LogP contribution in [0.2, 0.25) is 0 Å². The summed E-state index contributed by atoms with van der Waals surface area (Å²) in [4.78, 5) is 10.7. The van der Waals surface area contributed by atoms with Crippen LogP contribution in [-0.2, 0) is 9.53 Å². The first-order valence-electron chi connectivity index (χ1n) is 5.77. The van der Waals surface area contributed by atoms with Gasteiger partial charge < -0.3 is 4.74 Å². The molecule has 0 saturated heterocycles. The highest BCUT2D eigenvalue weighted by Crippen LogP contribution is 2.18. The quantitative estimate of drug-likeness (QED) is 0.487. The molecule has 0 aromatic carbocycles. The molecule has 0 radical (unpaired) electrons. The Labute approximate surface area is 99.4 Å². The third kappa shape index (κ3) is 8.42. The molecule has 0 heterocycles. The fourth-order valence-electron chi connectivity index (χ4n) is 1.33. The topological polar surface area (TPSA) is 26.3 Å². The molecule has 0 aromatic rings. The molecule has 2 nitrogen and oxygen atoms in total. The van der Waals surface area contributed by atoms with Gasteiger partial charge in [-0.05, 0) is 53.0 Å². The lowest BCUT2D eigenvalue weighted by atomic mass is 9.99. The normalized spacial score (nSPS) is 13.4. The summed E-state index contributed by atoms with van der Waals surface area (Å²) in [7, 11) is 1.75. The molecule has 0 saturated carbocycles. The minimum absolute atomic E-state index is 0.0322. The lowest BCUT2D eigenvalue weighted by molar-refractivity contribution is -0.112. The highest BCUT2D eigenvalue weighted by Gasteiger charge is 2.14. The average Bonchev–Trinajstić information content (AvgIpc) is 2.17. The first-order chi connectivity index (χ1) is 7.37. The maximum absolute atomic E-state index is 10.7. The van der Waals surface area contributed by atoms with Gasteiger partial charge in [0, 0.05) is 7.11 Å². The minimum atomic E-state index is -0.0322. The number of hydrogen-bond donors (Lipinski definition) is 0. The predicted octanol–water partition coefficient (Wildman–Crippen LogP) is 3.67. The fraction of sp³-hybridized carbons (Fsp3) is 0.643. The number of methoxy groups -OCH3 is 1. The zero-order chi connectivity index (χ0) is 12.6. The average molecular weight is 224 g/mol. The smallest absolute Gasteiger partial charge is 0.152 e. The molecule has 0 aliphatic heterocycles. The standard InChI is InChI=1S/C14H24O2/c1-12(8-6-10-13(2)15)9-7-11-14(3,4)16-5/h6,8,10H,7,9,11H2,1-5H3. The number of carbonyl (C=O) groups is 1. The molecule has 92 valence electrons. The van der Waals surface area contributed by atoms with Gasteiger partial charge in [-0.15, -0.1) is 0 Å². The van der Waals surface area contributed by atoms with Crippen LogP contribution in [0.4, 0.5) is 0 Å². The van der Waals surface area contributed by atoms with Crippen molar-refractivity contribution in [1.82, 2.24) is 0 Å². The van der Waals surface area contributed by atoms with Crippen LogP contribution in [0.1, 0.15) is 47.0 Å². The van der Waals surface area contributed by atoms with Gasteiger partial charge in [-0.3, -0.25) is 4.79 Å². The number of carbonyl (C=O) groups excluding carboxylic acids is 1. The van der Waals surface area contributed by atoms with Gasteiger partial charge in [0.15, 0.2) is 5.78 Å². The van der Waals surface area contributed by atoms with E-state index in [9.17, 15) is 4.79 Å². The second-order valence-corrected chi connectivity index (χ2v) is 4.80. The molecule has 0 aliphatic rings. The van der Waals surface area contributed by atoms with Gasteiger partial charge in [-0.1, -0.05) is 17.7 Å². The van der Waals surface area contributed by atoms with Gasteiger partial charge in [-0.2, -0.15) is 0 Å². The number of allylic oxidation sites excluding steroid dienone is 4. The minimum Gasteiger partial charge on any atom is -0.379 e. The van der Waals surface area contributed by atoms with Crippen molar-refractivity contribution in [3.05, 3.63) is 23.8 Å². The summed E-state index contributed by atoms with van der Waals surface area (Å²) in [6.45, 7) is 7.84. The second kappa shape index (κ2) is 7.39. The van der Waals surface area contributed by atoms with Gasteiger partial charge in [0.05, 0.1) is 5.60 Å². The van der Waals surface area contributed by atoms with Crippen molar-refractivity contribution in [2.24, 2.45) is 0 Å². The van der Waals surface area contributed by atoms with Crippen molar-refractivity contribution < 1.29 is 9.53 Å². The van der Waals surface area contributed by atoms with Gasteiger partial charge >= 0.3 is 0 Å². The molecule has 0 N–H and O–H groups in total.